The van der Waals surface area contributed by atoms with Crippen LogP contribution in [0.5, 0.6) is 0 Å². The highest BCUT2D eigenvalue weighted by molar-refractivity contribution is 7.99. The molecule has 1 amide bonds. The number of hydrogen-bond acceptors (Lipinski definition) is 6. The summed E-state index contributed by atoms with van der Waals surface area (Å²) in [6.45, 7) is 13.7. The average molecular weight is 535 g/mol. The number of nitrogens with one attached hydrogen (secondary N) is 1. The molecule has 0 radical (unpaired) electrons. The molecule has 0 fully saturated rings. The van der Waals surface area contributed by atoms with Gasteiger partial charge in [0, 0.05) is 22.7 Å². The van der Waals surface area contributed by atoms with Gasteiger partial charge in [-0.3, -0.25) is 4.79 Å². The molecule has 5 nitrogen and oxygen atoms in total. The summed E-state index contributed by atoms with van der Waals surface area (Å²) < 4.78 is 0. The number of carbonyl (C=O) groups is 1. The molecule has 0 aromatic carbocycles. The molecule has 0 saturated carbocycles. The number of hydrogen-bond donors (Lipinski definition) is 1. The van der Waals surface area contributed by atoms with Crippen molar-refractivity contribution in [1.82, 2.24) is 4.98 Å². The highest BCUT2D eigenvalue weighted by Gasteiger charge is 2.33. The van der Waals surface area contributed by atoms with Crippen molar-refractivity contribution in [3.05, 3.63) is 38.9 Å². The molecule has 0 saturated heterocycles. The fourth-order valence-corrected chi connectivity index (χ4v) is 7.75. The van der Waals surface area contributed by atoms with E-state index in [0.717, 1.165) is 54.8 Å². The molecule has 4 rings (SSSR count). The smallest absolute Gasteiger partial charge is 0.225 e. The minimum atomic E-state index is -0.0977. The average Bonchev–Trinajstić information content (AvgIpc) is 3.18. The van der Waals surface area contributed by atoms with Gasteiger partial charge in [0.15, 0.2) is 0 Å². The lowest BCUT2D eigenvalue weighted by Crippen LogP contribution is -2.27. The van der Waals surface area contributed by atoms with Crippen LogP contribution in [-0.4, -0.2) is 16.6 Å². The Morgan fingerprint density at radius 3 is 2.41 bits per heavy atom. The van der Waals surface area contributed by atoms with Crippen LogP contribution in [0.25, 0.3) is 0 Å². The van der Waals surface area contributed by atoms with E-state index in [1.165, 1.54) is 22.2 Å². The number of aryl methyl sites for hydroxylation is 1. The zero-order chi connectivity index (χ0) is 27.0. The van der Waals surface area contributed by atoms with E-state index < -0.39 is 0 Å². The molecule has 0 spiro atoms. The van der Waals surface area contributed by atoms with Crippen molar-refractivity contribution >= 4 is 34.0 Å². The SMILES string of the molecule is CC(C)(C)C1CCc2nc(SCCC(=O)Nc3sc4c(c3C#N)CCC(C(C)(C)C)C4)c(C#N)cc2C1. The van der Waals surface area contributed by atoms with Crippen molar-refractivity contribution in [3.8, 4) is 12.1 Å². The van der Waals surface area contributed by atoms with Crippen LogP contribution in [0.1, 0.15) is 93.6 Å². The second-order valence-electron chi connectivity index (χ2n) is 12.6. The number of rotatable bonds is 5. The maximum atomic E-state index is 12.8. The lowest BCUT2D eigenvalue weighted by molar-refractivity contribution is -0.115. The lowest BCUT2D eigenvalue weighted by Gasteiger charge is -2.34. The fraction of sp³-hybridized carbons (Fsp3) is 0.600. The Kier molecular flexibility index (Phi) is 8.07. The molecule has 2 aromatic rings. The third kappa shape index (κ3) is 6.21. The van der Waals surface area contributed by atoms with Crippen molar-refractivity contribution < 1.29 is 4.79 Å². The Morgan fingerprint density at radius 1 is 1.08 bits per heavy atom. The Bertz CT molecular complexity index is 1270. The summed E-state index contributed by atoms with van der Waals surface area (Å²) >= 11 is 3.05. The quantitative estimate of drug-likeness (QED) is 0.406. The van der Waals surface area contributed by atoms with Crippen LogP contribution >= 0.6 is 23.1 Å². The standard InChI is InChI=1S/C30H38N4OS2/c1-29(2,3)20-8-10-24-18(14-20)13-19(16-31)27(33-24)36-12-11-26(35)34-28-23(17-32)22-9-7-21(30(4,5)6)15-25(22)37-28/h13,20-21H,7-12,14-15H2,1-6H3,(H,34,35). The van der Waals surface area contributed by atoms with E-state index in [0.29, 0.717) is 40.1 Å². The monoisotopic (exact) mass is 534 g/mol. The van der Waals surface area contributed by atoms with E-state index in [4.69, 9.17) is 4.98 Å². The van der Waals surface area contributed by atoms with Crippen LogP contribution < -0.4 is 5.32 Å². The van der Waals surface area contributed by atoms with Crippen molar-refractivity contribution in [2.75, 3.05) is 11.1 Å². The number of pyridine rings is 1. The van der Waals surface area contributed by atoms with Gasteiger partial charge in [0.25, 0.3) is 0 Å². The predicted octanol–water partition coefficient (Wildman–Crippen LogP) is 7.31. The highest BCUT2D eigenvalue weighted by Crippen LogP contribution is 2.44. The molecule has 2 aromatic heterocycles. The molecule has 1 N–H and O–H groups in total. The van der Waals surface area contributed by atoms with Crippen LogP contribution in [0.15, 0.2) is 11.1 Å². The first-order valence-corrected chi connectivity index (χ1v) is 15.1. The first-order valence-electron chi connectivity index (χ1n) is 13.3. The molecule has 37 heavy (non-hydrogen) atoms. The molecular weight excluding hydrogens is 496 g/mol. The van der Waals surface area contributed by atoms with Crippen LogP contribution in [0, 0.1) is 45.3 Å². The Balaban J connectivity index is 1.38. The van der Waals surface area contributed by atoms with Crippen molar-refractivity contribution in [2.24, 2.45) is 22.7 Å². The summed E-state index contributed by atoms with van der Waals surface area (Å²) in [5.74, 6) is 1.62. The molecule has 7 heteroatoms. The molecule has 0 aliphatic heterocycles. The summed E-state index contributed by atoms with van der Waals surface area (Å²) in [4.78, 5) is 18.9. The van der Waals surface area contributed by atoms with Gasteiger partial charge < -0.3 is 5.32 Å². The van der Waals surface area contributed by atoms with Gasteiger partial charge in [-0.05, 0) is 78.4 Å². The van der Waals surface area contributed by atoms with Gasteiger partial charge in [0.05, 0.1) is 11.1 Å². The largest absolute Gasteiger partial charge is 0.317 e. The summed E-state index contributed by atoms with van der Waals surface area (Å²) in [6, 6.07) is 6.68. The molecule has 0 bridgehead atoms. The Labute approximate surface area is 230 Å². The molecule has 2 heterocycles. The fourth-order valence-electron chi connectivity index (χ4n) is 5.54. The summed E-state index contributed by atoms with van der Waals surface area (Å²) in [6.07, 6.45) is 6.28. The van der Waals surface area contributed by atoms with E-state index in [2.05, 4.69) is 59.0 Å². The van der Waals surface area contributed by atoms with Gasteiger partial charge >= 0.3 is 0 Å². The molecule has 2 unspecified atom stereocenters. The maximum Gasteiger partial charge on any atom is 0.225 e. The van der Waals surface area contributed by atoms with Gasteiger partial charge in [0.2, 0.25) is 5.91 Å². The highest BCUT2D eigenvalue weighted by atomic mass is 32.2. The van der Waals surface area contributed by atoms with Crippen LogP contribution in [0.3, 0.4) is 0 Å². The number of amides is 1. The first-order chi connectivity index (χ1) is 17.4. The number of thiophene rings is 1. The van der Waals surface area contributed by atoms with Gasteiger partial charge in [-0.15, -0.1) is 23.1 Å². The van der Waals surface area contributed by atoms with E-state index in [-0.39, 0.29) is 16.7 Å². The summed E-state index contributed by atoms with van der Waals surface area (Å²) in [5, 5.41) is 24.0. The molecule has 2 aliphatic carbocycles. The molecule has 196 valence electrons. The van der Waals surface area contributed by atoms with E-state index >= 15 is 0 Å². The summed E-state index contributed by atoms with van der Waals surface area (Å²) in [7, 11) is 0. The van der Waals surface area contributed by atoms with Crippen molar-refractivity contribution in [2.45, 2.75) is 91.5 Å². The molecule has 2 aliphatic rings. The maximum absolute atomic E-state index is 12.8. The third-order valence-electron chi connectivity index (χ3n) is 8.12. The van der Waals surface area contributed by atoms with Gasteiger partial charge in [-0.1, -0.05) is 41.5 Å². The number of fused-ring (bicyclic) bond motifs is 2. The predicted molar refractivity (Wildman–Crippen MR) is 152 cm³/mol. The van der Waals surface area contributed by atoms with Crippen molar-refractivity contribution in [1.29, 1.82) is 10.5 Å². The van der Waals surface area contributed by atoms with Crippen molar-refractivity contribution in [3.63, 3.8) is 0 Å². The third-order valence-corrected chi connectivity index (χ3v) is 10.3. The molecular formula is C30H38N4OS2. The number of nitriles is 2. The minimum absolute atomic E-state index is 0.0977. The molecule has 2 atom stereocenters. The van der Waals surface area contributed by atoms with Crippen LogP contribution in [0.2, 0.25) is 0 Å². The lowest BCUT2D eigenvalue weighted by atomic mass is 9.71. The number of aromatic nitrogens is 1. The zero-order valence-corrected chi connectivity index (χ0v) is 24.6. The topological polar surface area (TPSA) is 89.6 Å². The Morgan fingerprint density at radius 2 is 1.76 bits per heavy atom. The van der Waals surface area contributed by atoms with Crippen LogP contribution in [-0.2, 0) is 30.5 Å². The normalized spacial score (nSPS) is 19.4. The van der Waals surface area contributed by atoms with E-state index in [1.807, 2.05) is 6.07 Å². The van der Waals surface area contributed by atoms with Crippen LogP contribution in [0.4, 0.5) is 5.00 Å². The summed E-state index contributed by atoms with van der Waals surface area (Å²) in [5.41, 5.74) is 5.15. The zero-order valence-electron chi connectivity index (χ0n) is 23.0. The van der Waals surface area contributed by atoms with Gasteiger partial charge in [-0.25, -0.2) is 4.98 Å². The Hall–Kier alpha value is -2.35. The van der Waals surface area contributed by atoms with Gasteiger partial charge in [-0.2, -0.15) is 10.5 Å². The van der Waals surface area contributed by atoms with E-state index in [1.54, 1.807) is 11.3 Å². The van der Waals surface area contributed by atoms with E-state index in [9.17, 15) is 15.3 Å². The second-order valence-corrected chi connectivity index (χ2v) is 14.8. The number of anilines is 1. The number of thioether (sulfide) groups is 1. The van der Waals surface area contributed by atoms with Gasteiger partial charge in [0.1, 0.15) is 22.2 Å². The minimum Gasteiger partial charge on any atom is -0.317 e. The first kappa shape index (κ1) is 27.7. The number of nitrogens with zero attached hydrogens (tertiary/aromatic N) is 3. The second kappa shape index (κ2) is 10.8. The number of carbonyl (C=O) groups excluding carboxylic acids is 1.